The van der Waals surface area contributed by atoms with E-state index >= 15 is 0 Å². The number of sulfonamides is 1. The molecule has 2 aromatic carbocycles. The van der Waals surface area contributed by atoms with Gasteiger partial charge in [-0.1, -0.05) is 28.6 Å². The van der Waals surface area contributed by atoms with Crippen molar-refractivity contribution in [3.8, 4) is 17.1 Å². The third kappa shape index (κ3) is 4.24. The van der Waals surface area contributed by atoms with E-state index in [0.29, 0.717) is 27.4 Å². The van der Waals surface area contributed by atoms with Crippen LogP contribution in [0.25, 0.3) is 21.6 Å². The molecule has 0 saturated carbocycles. The summed E-state index contributed by atoms with van der Waals surface area (Å²) in [7, 11) is -2.28. The van der Waals surface area contributed by atoms with Gasteiger partial charge in [0.05, 0.1) is 28.8 Å². The first-order valence-electron chi connectivity index (χ1n) is 9.40. The standard InChI is InChI=1S/C20H20N4O5S2/c1-12(2)24-16-8-7-15(10-17(16)30-20(24)25)31(26,27)21-11-18-22-19(23-29-18)13-5-4-6-14(9-13)28-3/h4-10,12,21H,11H2,1-3H3. The average molecular weight is 461 g/mol. The van der Waals surface area contributed by atoms with Gasteiger partial charge in [0, 0.05) is 11.6 Å². The van der Waals surface area contributed by atoms with Crippen LogP contribution in [0.3, 0.4) is 0 Å². The molecule has 9 nitrogen and oxygen atoms in total. The number of aromatic nitrogens is 3. The number of ether oxygens (including phenoxy) is 1. The molecule has 0 fully saturated rings. The Morgan fingerprint density at radius 3 is 2.77 bits per heavy atom. The summed E-state index contributed by atoms with van der Waals surface area (Å²) in [6.07, 6.45) is 0. The van der Waals surface area contributed by atoms with Crippen molar-refractivity contribution in [1.82, 2.24) is 19.4 Å². The van der Waals surface area contributed by atoms with Gasteiger partial charge in [0.2, 0.25) is 21.7 Å². The Kier molecular flexibility index (Phi) is 5.65. The normalized spacial score (nSPS) is 12.0. The second-order valence-electron chi connectivity index (χ2n) is 7.03. The summed E-state index contributed by atoms with van der Waals surface area (Å²) in [5, 5.41) is 3.89. The van der Waals surface area contributed by atoms with Crippen LogP contribution >= 0.6 is 11.3 Å². The highest BCUT2D eigenvalue weighted by Gasteiger charge is 2.19. The minimum Gasteiger partial charge on any atom is -0.497 e. The minimum absolute atomic E-state index is 0.0156. The molecule has 162 valence electrons. The lowest BCUT2D eigenvalue weighted by Gasteiger charge is -2.08. The second-order valence-corrected chi connectivity index (χ2v) is 9.79. The van der Waals surface area contributed by atoms with Gasteiger partial charge in [-0.05, 0) is 44.2 Å². The first-order chi connectivity index (χ1) is 14.8. The fourth-order valence-corrected chi connectivity index (χ4v) is 5.25. The fraction of sp³-hybridized carbons (Fsp3) is 0.250. The van der Waals surface area contributed by atoms with Gasteiger partial charge < -0.3 is 9.26 Å². The van der Waals surface area contributed by atoms with Gasteiger partial charge in [-0.3, -0.25) is 9.36 Å². The van der Waals surface area contributed by atoms with E-state index < -0.39 is 10.0 Å². The minimum atomic E-state index is -3.84. The molecule has 4 rings (SSSR count). The highest BCUT2D eigenvalue weighted by Crippen LogP contribution is 2.24. The van der Waals surface area contributed by atoms with Gasteiger partial charge in [-0.2, -0.15) is 4.98 Å². The van der Waals surface area contributed by atoms with E-state index in [1.807, 2.05) is 13.8 Å². The third-order valence-electron chi connectivity index (χ3n) is 4.62. The molecular formula is C20H20N4O5S2. The van der Waals surface area contributed by atoms with Crippen LogP contribution in [-0.2, 0) is 16.6 Å². The Morgan fingerprint density at radius 2 is 2.03 bits per heavy atom. The second kappa shape index (κ2) is 8.25. The van der Waals surface area contributed by atoms with Crippen LogP contribution in [0.1, 0.15) is 25.8 Å². The van der Waals surface area contributed by atoms with Gasteiger partial charge in [-0.25, -0.2) is 13.1 Å². The molecule has 31 heavy (non-hydrogen) atoms. The van der Waals surface area contributed by atoms with Crippen LogP contribution < -0.4 is 14.3 Å². The maximum Gasteiger partial charge on any atom is 0.308 e. The summed E-state index contributed by atoms with van der Waals surface area (Å²) in [6.45, 7) is 3.65. The number of thiazole rings is 1. The predicted molar refractivity (Wildman–Crippen MR) is 117 cm³/mol. The molecule has 0 unspecified atom stereocenters. The molecule has 0 atom stereocenters. The van der Waals surface area contributed by atoms with Gasteiger partial charge >= 0.3 is 4.87 Å². The predicted octanol–water partition coefficient (Wildman–Crippen LogP) is 3.18. The lowest BCUT2D eigenvalue weighted by atomic mass is 10.2. The molecule has 0 amide bonds. The van der Waals surface area contributed by atoms with E-state index in [2.05, 4.69) is 14.9 Å². The van der Waals surface area contributed by atoms with Crippen LogP contribution in [0.4, 0.5) is 0 Å². The molecule has 0 aliphatic rings. The number of methoxy groups -OCH3 is 1. The summed E-state index contributed by atoms with van der Waals surface area (Å²) >= 11 is 1.02. The number of hydrogen-bond donors (Lipinski definition) is 1. The molecule has 4 aromatic rings. The number of benzene rings is 2. The summed E-state index contributed by atoms with van der Waals surface area (Å²) < 4.78 is 40.5. The highest BCUT2D eigenvalue weighted by molar-refractivity contribution is 7.89. The molecule has 0 radical (unpaired) electrons. The number of rotatable bonds is 7. The molecular weight excluding hydrogens is 440 g/mol. The Morgan fingerprint density at radius 1 is 1.23 bits per heavy atom. The number of hydrogen-bond acceptors (Lipinski definition) is 8. The first kappa shape index (κ1) is 21.2. The summed E-state index contributed by atoms with van der Waals surface area (Å²) in [5.41, 5.74) is 1.40. The molecule has 0 aliphatic heterocycles. The van der Waals surface area contributed by atoms with Crippen LogP contribution in [0, 0.1) is 0 Å². The van der Waals surface area contributed by atoms with Crippen molar-refractivity contribution < 1.29 is 17.7 Å². The fourth-order valence-electron chi connectivity index (χ4n) is 3.12. The number of nitrogens with one attached hydrogen (secondary N) is 1. The van der Waals surface area contributed by atoms with Crippen LogP contribution in [0.2, 0.25) is 0 Å². The summed E-state index contributed by atoms with van der Waals surface area (Å²) in [5.74, 6) is 1.10. The van der Waals surface area contributed by atoms with Gasteiger partial charge in [0.1, 0.15) is 5.75 Å². The van der Waals surface area contributed by atoms with Gasteiger partial charge in [-0.15, -0.1) is 0 Å². The SMILES string of the molecule is COc1cccc(-c2noc(CNS(=O)(=O)c3ccc4c(c3)sc(=O)n4C(C)C)n2)c1. The van der Waals surface area contributed by atoms with Crippen LogP contribution in [0.5, 0.6) is 5.75 Å². The van der Waals surface area contributed by atoms with Gasteiger partial charge in [0.25, 0.3) is 0 Å². The Hall–Kier alpha value is -3.02. The topological polar surface area (TPSA) is 116 Å². The summed E-state index contributed by atoms with van der Waals surface area (Å²) in [6, 6.07) is 11.7. The molecule has 0 spiro atoms. The van der Waals surface area contributed by atoms with Crippen molar-refractivity contribution in [2.45, 2.75) is 31.3 Å². The molecule has 2 heterocycles. The highest BCUT2D eigenvalue weighted by atomic mass is 32.2. The first-order valence-corrected chi connectivity index (χ1v) is 11.7. The van der Waals surface area contributed by atoms with E-state index in [-0.39, 0.29) is 28.2 Å². The van der Waals surface area contributed by atoms with Crippen molar-refractivity contribution in [3.63, 3.8) is 0 Å². The quantitative estimate of drug-likeness (QED) is 0.450. The zero-order valence-electron chi connectivity index (χ0n) is 17.0. The van der Waals surface area contributed by atoms with Crippen molar-refractivity contribution in [3.05, 3.63) is 58.0 Å². The lowest BCUT2D eigenvalue weighted by Crippen LogP contribution is -2.23. The monoisotopic (exact) mass is 460 g/mol. The Balaban J connectivity index is 1.53. The number of fused-ring (bicyclic) bond motifs is 1. The molecule has 0 saturated heterocycles. The third-order valence-corrected chi connectivity index (χ3v) is 6.94. The smallest absolute Gasteiger partial charge is 0.308 e. The molecule has 0 aliphatic carbocycles. The molecule has 2 aromatic heterocycles. The van der Waals surface area contributed by atoms with E-state index in [1.54, 1.807) is 42.0 Å². The maximum atomic E-state index is 12.7. The Bertz CT molecular complexity index is 1400. The van der Waals surface area contributed by atoms with Crippen LogP contribution in [-0.4, -0.2) is 30.2 Å². The zero-order chi connectivity index (χ0) is 22.2. The zero-order valence-corrected chi connectivity index (χ0v) is 18.7. The van der Waals surface area contributed by atoms with E-state index in [4.69, 9.17) is 9.26 Å². The largest absolute Gasteiger partial charge is 0.497 e. The van der Waals surface area contributed by atoms with Crippen molar-refractivity contribution in [2.75, 3.05) is 7.11 Å². The maximum absolute atomic E-state index is 12.7. The van der Waals surface area contributed by atoms with Crippen LogP contribution in [0.15, 0.2) is 56.7 Å². The molecule has 0 bridgehead atoms. The van der Waals surface area contributed by atoms with E-state index in [1.165, 1.54) is 12.1 Å². The van der Waals surface area contributed by atoms with Crippen molar-refractivity contribution >= 4 is 31.6 Å². The van der Waals surface area contributed by atoms with E-state index in [9.17, 15) is 13.2 Å². The molecule has 1 N–H and O–H groups in total. The number of nitrogens with zero attached hydrogens (tertiary/aromatic N) is 3. The van der Waals surface area contributed by atoms with Gasteiger partial charge in [0.15, 0.2) is 0 Å². The van der Waals surface area contributed by atoms with Crippen molar-refractivity contribution in [1.29, 1.82) is 0 Å². The lowest BCUT2D eigenvalue weighted by molar-refractivity contribution is 0.376. The summed E-state index contributed by atoms with van der Waals surface area (Å²) in [4.78, 5) is 16.4. The average Bonchev–Trinajstić information content (AvgIpc) is 3.35. The Labute approximate surface area is 182 Å². The molecule has 11 heteroatoms. The van der Waals surface area contributed by atoms with E-state index in [0.717, 1.165) is 11.3 Å². The van der Waals surface area contributed by atoms with Crippen molar-refractivity contribution in [2.24, 2.45) is 0 Å².